The van der Waals surface area contributed by atoms with Crippen LogP contribution in [0.2, 0.25) is 0 Å². The number of halogens is 3. The molecule has 0 saturated carbocycles. The van der Waals surface area contributed by atoms with Gasteiger partial charge in [-0.25, -0.2) is 4.98 Å². The predicted octanol–water partition coefficient (Wildman–Crippen LogP) is 3.02. The second-order valence-electron chi connectivity index (χ2n) is 3.79. The second-order valence-corrected chi connectivity index (χ2v) is 4.82. The number of ether oxygens (including phenoxy) is 1. The zero-order valence-electron chi connectivity index (χ0n) is 9.54. The van der Waals surface area contributed by atoms with Crippen molar-refractivity contribution in [3.63, 3.8) is 0 Å². The van der Waals surface area contributed by atoms with E-state index < -0.39 is 23.1 Å². The van der Waals surface area contributed by atoms with E-state index in [9.17, 15) is 18.0 Å². The Kier molecular flexibility index (Phi) is 4.26. The van der Waals surface area contributed by atoms with Crippen molar-refractivity contribution in [3.05, 3.63) is 16.1 Å². The zero-order chi connectivity index (χ0) is 13.2. The Morgan fingerprint density at radius 1 is 1.47 bits per heavy atom. The maximum Gasteiger partial charge on any atom is 0.443 e. The lowest BCUT2D eigenvalue weighted by Crippen LogP contribution is -2.27. The van der Waals surface area contributed by atoms with Gasteiger partial charge in [-0.1, -0.05) is 13.8 Å². The van der Waals surface area contributed by atoms with Crippen LogP contribution in [0.5, 0.6) is 0 Å². The van der Waals surface area contributed by atoms with Crippen LogP contribution in [0.25, 0.3) is 0 Å². The van der Waals surface area contributed by atoms with Crippen LogP contribution in [0.15, 0.2) is 6.20 Å². The van der Waals surface area contributed by atoms with E-state index in [1.54, 1.807) is 13.8 Å². The van der Waals surface area contributed by atoms with E-state index in [-0.39, 0.29) is 10.8 Å². The molecule has 1 aromatic rings. The Balaban J connectivity index is 2.94. The van der Waals surface area contributed by atoms with E-state index in [4.69, 9.17) is 4.74 Å². The summed E-state index contributed by atoms with van der Waals surface area (Å²) < 4.78 is 41.9. The molecule has 0 bridgehead atoms. The van der Waals surface area contributed by atoms with Gasteiger partial charge in [-0.2, -0.15) is 13.2 Å². The summed E-state index contributed by atoms with van der Waals surface area (Å²) in [5.74, 6) is -0.570. The van der Waals surface area contributed by atoms with E-state index in [2.05, 4.69) is 4.98 Å². The van der Waals surface area contributed by atoms with E-state index in [1.807, 2.05) is 0 Å². The van der Waals surface area contributed by atoms with Crippen molar-refractivity contribution in [2.45, 2.75) is 26.1 Å². The van der Waals surface area contributed by atoms with Crippen LogP contribution in [0.4, 0.5) is 13.2 Å². The number of carbonyl (C=O) groups is 1. The summed E-state index contributed by atoms with van der Waals surface area (Å²) in [5, 5.41) is -1.01. The summed E-state index contributed by atoms with van der Waals surface area (Å²) >= 11 is 0.343. The van der Waals surface area contributed by atoms with Crippen LogP contribution in [-0.2, 0) is 10.9 Å². The minimum atomic E-state index is -4.51. The fourth-order valence-electron chi connectivity index (χ4n) is 1.34. The highest BCUT2D eigenvalue weighted by atomic mass is 32.1. The van der Waals surface area contributed by atoms with Crippen LogP contribution in [-0.4, -0.2) is 24.0 Å². The maximum absolute atomic E-state index is 12.3. The van der Waals surface area contributed by atoms with Crippen LogP contribution in [0, 0.1) is 5.92 Å². The van der Waals surface area contributed by atoms with Gasteiger partial charge >= 0.3 is 6.18 Å². The first-order valence-electron chi connectivity index (χ1n) is 4.87. The largest absolute Gasteiger partial charge is 0.443 e. The summed E-state index contributed by atoms with van der Waals surface area (Å²) in [4.78, 5) is 15.0. The topological polar surface area (TPSA) is 39.2 Å². The summed E-state index contributed by atoms with van der Waals surface area (Å²) in [6.07, 6.45) is -4.30. The third-order valence-corrected chi connectivity index (χ3v) is 3.17. The third-order valence-electron chi connectivity index (χ3n) is 2.11. The molecule has 1 heterocycles. The fourth-order valence-corrected chi connectivity index (χ4v) is 2.09. The summed E-state index contributed by atoms with van der Waals surface area (Å²) in [6.45, 7) is 3.52. The molecule has 1 rings (SSSR count). The van der Waals surface area contributed by atoms with E-state index in [0.717, 1.165) is 6.20 Å². The first-order chi connectivity index (χ1) is 7.77. The van der Waals surface area contributed by atoms with Gasteiger partial charge in [0.2, 0.25) is 5.78 Å². The predicted molar refractivity (Wildman–Crippen MR) is 57.1 cm³/mol. The SMILES string of the molecule is COC(C(=O)c1cnc(C(F)(F)F)s1)C(C)C. The average molecular weight is 267 g/mol. The molecule has 3 nitrogen and oxygen atoms in total. The van der Waals surface area contributed by atoms with Gasteiger partial charge in [0.15, 0.2) is 5.01 Å². The molecule has 96 valence electrons. The molecule has 0 amide bonds. The fraction of sp³-hybridized carbons (Fsp3) is 0.600. The van der Waals surface area contributed by atoms with Gasteiger partial charge in [-0.3, -0.25) is 4.79 Å². The highest BCUT2D eigenvalue weighted by Gasteiger charge is 2.36. The minimum Gasteiger partial charge on any atom is -0.373 e. The molecular weight excluding hydrogens is 255 g/mol. The maximum atomic E-state index is 12.3. The molecular formula is C10H12F3NO2S. The molecule has 7 heteroatoms. The summed E-state index contributed by atoms with van der Waals surface area (Å²) in [6, 6.07) is 0. The molecule has 0 fully saturated rings. The summed E-state index contributed by atoms with van der Waals surface area (Å²) in [7, 11) is 1.36. The van der Waals surface area contributed by atoms with E-state index >= 15 is 0 Å². The highest BCUT2D eigenvalue weighted by molar-refractivity contribution is 7.13. The molecule has 0 aliphatic heterocycles. The van der Waals surface area contributed by atoms with Gasteiger partial charge in [0.05, 0.1) is 4.88 Å². The number of alkyl halides is 3. The number of carbonyl (C=O) groups excluding carboxylic acids is 1. The van der Waals surface area contributed by atoms with Gasteiger partial charge in [-0.05, 0) is 5.92 Å². The number of rotatable bonds is 4. The Morgan fingerprint density at radius 2 is 2.06 bits per heavy atom. The lowest BCUT2D eigenvalue weighted by Gasteiger charge is -2.16. The monoisotopic (exact) mass is 267 g/mol. The number of hydrogen-bond donors (Lipinski definition) is 0. The molecule has 0 radical (unpaired) electrons. The van der Waals surface area contributed by atoms with Crippen molar-refractivity contribution in [3.8, 4) is 0 Å². The van der Waals surface area contributed by atoms with Gasteiger partial charge in [0.1, 0.15) is 6.10 Å². The first kappa shape index (κ1) is 14.1. The van der Waals surface area contributed by atoms with Gasteiger partial charge in [-0.15, -0.1) is 11.3 Å². The molecule has 17 heavy (non-hydrogen) atoms. The number of ketones is 1. The smallest absolute Gasteiger partial charge is 0.373 e. The molecule has 0 aromatic carbocycles. The molecule has 1 aromatic heterocycles. The number of thiazole rings is 1. The van der Waals surface area contributed by atoms with Crippen molar-refractivity contribution >= 4 is 17.1 Å². The molecule has 1 atom stereocenters. The quantitative estimate of drug-likeness (QED) is 0.787. The molecule has 0 aliphatic rings. The molecule has 0 saturated heterocycles. The summed E-state index contributed by atoms with van der Waals surface area (Å²) in [5.41, 5.74) is 0. The lowest BCUT2D eigenvalue weighted by atomic mass is 10.0. The number of methoxy groups -OCH3 is 1. The Bertz CT molecular complexity index is 401. The van der Waals surface area contributed by atoms with Crippen LogP contribution < -0.4 is 0 Å². The Hall–Kier alpha value is -0.950. The van der Waals surface area contributed by atoms with Crippen LogP contribution in [0.3, 0.4) is 0 Å². The first-order valence-corrected chi connectivity index (χ1v) is 5.69. The molecule has 0 spiro atoms. The molecule has 0 aliphatic carbocycles. The molecule has 0 N–H and O–H groups in total. The van der Waals surface area contributed by atoms with Gasteiger partial charge in [0.25, 0.3) is 0 Å². The van der Waals surface area contributed by atoms with Gasteiger partial charge in [0, 0.05) is 13.3 Å². The molecule has 1 unspecified atom stereocenters. The normalized spacial score (nSPS) is 14.1. The Labute approximate surface area is 101 Å². The number of hydrogen-bond acceptors (Lipinski definition) is 4. The van der Waals surface area contributed by atoms with Crippen molar-refractivity contribution in [2.75, 3.05) is 7.11 Å². The second kappa shape index (κ2) is 5.14. The standard InChI is InChI=1S/C10H12F3NO2S/c1-5(2)8(16-3)7(15)6-4-14-9(17-6)10(11,12)13/h4-5,8H,1-3H3. The van der Waals surface area contributed by atoms with Gasteiger partial charge < -0.3 is 4.74 Å². The highest BCUT2D eigenvalue weighted by Crippen LogP contribution is 2.33. The third kappa shape index (κ3) is 3.26. The number of Topliss-reactive ketones (excluding diaryl/α,β-unsaturated/α-hetero) is 1. The number of aromatic nitrogens is 1. The van der Waals surface area contributed by atoms with Crippen molar-refractivity contribution in [1.82, 2.24) is 4.98 Å². The van der Waals surface area contributed by atoms with Crippen molar-refractivity contribution in [2.24, 2.45) is 5.92 Å². The minimum absolute atomic E-state index is 0.0297. The van der Waals surface area contributed by atoms with Crippen LogP contribution in [0.1, 0.15) is 28.5 Å². The van der Waals surface area contributed by atoms with E-state index in [1.165, 1.54) is 7.11 Å². The van der Waals surface area contributed by atoms with Crippen molar-refractivity contribution in [1.29, 1.82) is 0 Å². The van der Waals surface area contributed by atoms with Crippen LogP contribution >= 0.6 is 11.3 Å². The lowest BCUT2D eigenvalue weighted by molar-refractivity contribution is -0.137. The average Bonchev–Trinajstić information content (AvgIpc) is 2.65. The van der Waals surface area contributed by atoms with E-state index in [0.29, 0.717) is 11.3 Å². The Morgan fingerprint density at radius 3 is 2.41 bits per heavy atom. The number of nitrogens with zero attached hydrogens (tertiary/aromatic N) is 1. The zero-order valence-corrected chi connectivity index (χ0v) is 10.4. The van der Waals surface area contributed by atoms with Crippen molar-refractivity contribution < 1.29 is 22.7 Å².